The van der Waals surface area contributed by atoms with Crippen molar-refractivity contribution >= 4 is 5.78 Å². The van der Waals surface area contributed by atoms with Gasteiger partial charge in [-0.05, 0) is 12.5 Å². The second-order valence-electron chi connectivity index (χ2n) is 2.25. The Bertz CT molecular complexity index is 205. The second-order valence-corrected chi connectivity index (χ2v) is 2.25. The molecule has 0 saturated carbocycles. The molecule has 46 valence electrons. The zero-order valence-electron chi connectivity index (χ0n) is 5.35. The van der Waals surface area contributed by atoms with Crippen molar-refractivity contribution in [3.05, 3.63) is 11.6 Å². The summed E-state index contributed by atoms with van der Waals surface area (Å²) in [5.41, 5.74) is 0.818. The van der Waals surface area contributed by atoms with E-state index in [0.717, 1.165) is 5.57 Å². The zero-order chi connectivity index (χ0) is 6.85. The van der Waals surface area contributed by atoms with Crippen LogP contribution in [0.1, 0.15) is 13.3 Å². The molecule has 1 aliphatic rings. The van der Waals surface area contributed by atoms with Crippen LogP contribution >= 0.6 is 0 Å². The molecular formula is C8H8O. The van der Waals surface area contributed by atoms with Gasteiger partial charge in [0.1, 0.15) is 0 Å². The second kappa shape index (κ2) is 2.06. The van der Waals surface area contributed by atoms with Crippen molar-refractivity contribution in [2.24, 2.45) is 5.92 Å². The molecule has 1 unspecified atom stereocenters. The van der Waals surface area contributed by atoms with Crippen LogP contribution < -0.4 is 0 Å². The van der Waals surface area contributed by atoms with Gasteiger partial charge in [-0.1, -0.05) is 12.0 Å². The van der Waals surface area contributed by atoms with Crippen LogP contribution in [0.4, 0.5) is 0 Å². The number of hydrogen-bond donors (Lipinski definition) is 0. The molecule has 0 radical (unpaired) electrons. The summed E-state index contributed by atoms with van der Waals surface area (Å²) >= 11 is 0. The average molecular weight is 120 g/mol. The summed E-state index contributed by atoms with van der Waals surface area (Å²) in [6.45, 7) is 1.81. The lowest BCUT2D eigenvalue weighted by molar-refractivity contribution is -0.115. The molecule has 1 rings (SSSR count). The van der Waals surface area contributed by atoms with Gasteiger partial charge in [0.25, 0.3) is 0 Å². The summed E-state index contributed by atoms with van der Waals surface area (Å²) in [5.74, 6) is 2.79. The minimum Gasteiger partial charge on any atom is -0.295 e. The average Bonchev–Trinajstić information content (AvgIpc) is 2.13. The third-order valence-electron chi connectivity index (χ3n) is 1.51. The predicted molar refractivity (Wildman–Crippen MR) is 35.7 cm³/mol. The molecule has 0 aromatic rings. The van der Waals surface area contributed by atoms with Gasteiger partial charge in [0, 0.05) is 12.3 Å². The number of hydrogen-bond acceptors (Lipinski definition) is 1. The Morgan fingerprint density at radius 3 is 2.78 bits per heavy atom. The quantitative estimate of drug-likeness (QED) is 0.438. The molecule has 0 saturated heterocycles. The van der Waals surface area contributed by atoms with Gasteiger partial charge in [-0.2, -0.15) is 0 Å². The van der Waals surface area contributed by atoms with E-state index in [4.69, 9.17) is 6.42 Å². The maximum atomic E-state index is 10.8. The number of allylic oxidation sites excluding steroid dienone is 2. The van der Waals surface area contributed by atoms with E-state index in [1.165, 1.54) is 0 Å². The van der Waals surface area contributed by atoms with Gasteiger partial charge in [-0.15, -0.1) is 6.42 Å². The molecule has 0 N–H and O–H groups in total. The van der Waals surface area contributed by atoms with Gasteiger partial charge in [0.15, 0.2) is 5.78 Å². The summed E-state index contributed by atoms with van der Waals surface area (Å²) < 4.78 is 0. The van der Waals surface area contributed by atoms with E-state index in [1.54, 1.807) is 6.92 Å². The highest BCUT2D eigenvalue weighted by Gasteiger charge is 2.18. The smallest absolute Gasteiger partial charge is 0.159 e. The number of carbonyl (C=O) groups excluding carboxylic acids is 1. The molecule has 0 aromatic carbocycles. The molecule has 1 nitrogen and oxygen atoms in total. The third-order valence-corrected chi connectivity index (χ3v) is 1.51. The maximum absolute atomic E-state index is 10.8. The van der Waals surface area contributed by atoms with E-state index in [-0.39, 0.29) is 11.7 Å². The first-order valence-electron chi connectivity index (χ1n) is 2.92. The van der Waals surface area contributed by atoms with Gasteiger partial charge in [-0.3, -0.25) is 4.79 Å². The number of ketones is 1. The Morgan fingerprint density at radius 2 is 2.56 bits per heavy atom. The van der Waals surface area contributed by atoms with E-state index >= 15 is 0 Å². The molecule has 0 heterocycles. The number of rotatable bonds is 0. The van der Waals surface area contributed by atoms with Crippen molar-refractivity contribution in [2.45, 2.75) is 13.3 Å². The van der Waals surface area contributed by atoms with Crippen molar-refractivity contribution in [2.75, 3.05) is 0 Å². The maximum Gasteiger partial charge on any atom is 0.159 e. The first-order chi connectivity index (χ1) is 4.24. The van der Waals surface area contributed by atoms with Crippen LogP contribution in [0.5, 0.6) is 0 Å². The number of carbonyl (C=O) groups is 1. The van der Waals surface area contributed by atoms with Crippen LogP contribution in [-0.4, -0.2) is 5.78 Å². The highest BCUT2D eigenvalue weighted by molar-refractivity contribution is 5.97. The van der Waals surface area contributed by atoms with Crippen molar-refractivity contribution in [3.8, 4) is 12.3 Å². The van der Waals surface area contributed by atoms with E-state index in [1.807, 2.05) is 6.08 Å². The van der Waals surface area contributed by atoms with Crippen LogP contribution in [0.3, 0.4) is 0 Å². The van der Waals surface area contributed by atoms with E-state index in [9.17, 15) is 4.79 Å². The summed E-state index contributed by atoms with van der Waals surface area (Å²) in [7, 11) is 0. The SMILES string of the molecule is C#CC1C=C(C)C(=O)C1. The molecule has 0 aromatic heterocycles. The van der Waals surface area contributed by atoms with Crippen molar-refractivity contribution < 1.29 is 4.79 Å². The van der Waals surface area contributed by atoms with Crippen molar-refractivity contribution in [1.29, 1.82) is 0 Å². The van der Waals surface area contributed by atoms with Gasteiger partial charge in [-0.25, -0.2) is 0 Å². The first kappa shape index (κ1) is 6.10. The summed E-state index contributed by atoms with van der Waals surface area (Å²) in [5, 5.41) is 0. The molecule has 9 heavy (non-hydrogen) atoms. The lowest BCUT2D eigenvalue weighted by Crippen LogP contribution is -1.94. The van der Waals surface area contributed by atoms with Crippen LogP contribution in [0.2, 0.25) is 0 Å². The summed E-state index contributed by atoms with van der Waals surface area (Å²) in [6.07, 6.45) is 7.48. The molecule has 0 bridgehead atoms. The van der Waals surface area contributed by atoms with Gasteiger partial charge >= 0.3 is 0 Å². The van der Waals surface area contributed by atoms with Gasteiger partial charge < -0.3 is 0 Å². The Labute approximate surface area is 54.8 Å². The molecule has 1 atom stereocenters. The summed E-state index contributed by atoms with van der Waals surface area (Å²) in [4.78, 5) is 10.8. The van der Waals surface area contributed by atoms with Crippen LogP contribution in [0.15, 0.2) is 11.6 Å². The fraction of sp³-hybridized carbons (Fsp3) is 0.375. The van der Waals surface area contributed by atoms with Gasteiger partial charge in [0.2, 0.25) is 0 Å². The van der Waals surface area contributed by atoms with E-state index in [0.29, 0.717) is 6.42 Å². The first-order valence-corrected chi connectivity index (χ1v) is 2.92. The third kappa shape index (κ3) is 1.02. The molecule has 0 fully saturated rings. The van der Waals surface area contributed by atoms with Crippen LogP contribution in [-0.2, 0) is 4.79 Å². The van der Waals surface area contributed by atoms with Crippen molar-refractivity contribution in [3.63, 3.8) is 0 Å². The largest absolute Gasteiger partial charge is 0.295 e. The molecule has 0 amide bonds. The fourth-order valence-electron chi connectivity index (χ4n) is 0.921. The Morgan fingerprint density at radius 1 is 1.89 bits per heavy atom. The molecule has 0 aliphatic heterocycles. The minimum atomic E-state index is 0.0671. The standard InChI is InChI=1S/C8H8O/c1-3-7-4-6(2)8(9)5-7/h1,4,7H,5H2,2H3. The van der Waals surface area contributed by atoms with E-state index < -0.39 is 0 Å². The monoisotopic (exact) mass is 120 g/mol. The fourth-order valence-corrected chi connectivity index (χ4v) is 0.921. The Kier molecular flexibility index (Phi) is 1.40. The van der Waals surface area contributed by atoms with Crippen LogP contribution in [0.25, 0.3) is 0 Å². The number of Topliss-reactive ketones (excluding diaryl/α,β-unsaturated/α-hetero) is 1. The summed E-state index contributed by atoms with van der Waals surface area (Å²) in [6, 6.07) is 0. The molecular weight excluding hydrogens is 112 g/mol. The topological polar surface area (TPSA) is 17.1 Å². The number of terminal acetylenes is 1. The van der Waals surface area contributed by atoms with E-state index in [2.05, 4.69) is 5.92 Å². The Hall–Kier alpha value is -1.03. The Balaban J connectivity index is 2.77. The molecule has 0 spiro atoms. The molecule has 1 aliphatic carbocycles. The highest BCUT2D eigenvalue weighted by atomic mass is 16.1. The zero-order valence-corrected chi connectivity index (χ0v) is 5.35. The lowest BCUT2D eigenvalue weighted by atomic mass is 10.1. The normalized spacial score (nSPS) is 25.6. The van der Waals surface area contributed by atoms with Gasteiger partial charge in [0.05, 0.1) is 0 Å². The molecule has 1 heteroatoms. The lowest BCUT2D eigenvalue weighted by Gasteiger charge is -1.88. The predicted octanol–water partition coefficient (Wildman–Crippen LogP) is 1.15. The van der Waals surface area contributed by atoms with Crippen molar-refractivity contribution in [1.82, 2.24) is 0 Å². The highest BCUT2D eigenvalue weighted by Crippen LogP contribution is 2.18. The minimum absolute atomic E-state index is 0.0671. The van der Waals surface area contributed by atoms with Crippen LogP contribution in [0, 0.1) is 18.3 Å².